The molecular formula is C20H14F2N2O3. The van der Waals surface area contributed by atoms with Crippen LogP contribution in [0, 0.1) is 11.6 Å². The first-order valence-electron chi connectivity index (χ1n) is 7.97. The number of ether oxygens (including phenoxy) is 1. The summed E-state index contributed by atoms with van der Waals surface area (Å²) in [5, 5.41) is 3.28. The van der Waals surface area contributed by atoms with Crippen molar-refractivity contribution in [3.8, 4) is 0 Å². The van der Waals surface area contributed by atoms with Crippen molar-refractivity contribution in [3.63, 3.8) is 0 Å². The average molecular weight is 368 g/mol. The van der Waals surface area contributed by atoms with Gasteiger partial charge in [0, 0.05) is 23.2 Å². The van der Waals surface area contributed by atoms with Crippen LogP contribution in [0.15, 0.2) is 60.7 Å². The Hall–Kier alpha value is -3.61. The van der Waals surface area contributed by atoms with Gasteiger partial charge in [-0.1, -0.05) is 24.3 Å². The molecule has 0 fully saturated rings. The van der Waals surface area contributed by atoms with Gasteiger partial charge in [-0.15, -0.1) is 0 Å². The van der Waals surface area contributed by atoms with Crippen LogP contribution in [0.1, 0.15) is 5.69 Å². The molecule has 2 aromatic carbocycles. The highest BCUT2D eigenvalue weighted by Gasteiger charge is 2.08. The average Bonchev–Trinajstić information content (AvgIpc) is 2.67. The van der Waals surface area contributed by atoms with Crippen LogP contribution in [0.25, 0.3) is 17.0 Å². The number of hydrogen-bond donors (Lipinski definition) is 1. The number of nitrogens with zero attached hydrogens (tertiary/aromatic N) is 1. The second-order valence-electron chi connectivity index (χ2n) is 5.55. The van der Waals surface area contributed by atoms with E-state index in [1.54, 1.807) is 6.07 Å². The molecule has 3 rings (SSSR count). The Balaban J connectivity index is 1.52. The van der Waals surface area contributed by atoms with Crippen molar-refractivity contribution < 1.29 is 23.1 Å². The van der Waals surface area contributed by atoms with E-state index < -0.39 is 30.1 Å². The molecule has 0 saturated heterocycles. The minimum Gasteiger partial charge on any atom is -0.452 e. The molecule has 0 bridgehead atoms. The normalized spacial score (nSPS) is 10.9. The molecule has 0 radical (unpaired) electrons. The Morgan fingerprint density at radius 3 is 2.67 bits per heavy atom. The Morgan fingerprint density at radius 1 is 1.04 bits per heavy atom. The third kappa shape index (κ3) is 4.94. The molecule has 27 heavy (non-hydrogen) atoms. The highest BCUT2D eigenvalue weighted by atomic mass is 19.2. The maximum Gasteiger partial charge on any atom is 0.331 e. The molecule has 0 saturated carbocycles. The number of pyridine rings is 1. The Morgan fingerprint density at radius 2 is 1.85 bits per heavy atom. The van der Waals surface area contributed by atoms with Crippen molar-refractivity contribution in [2.45, 2.75) is 0 Å². The first-order chi connectivity index (χ1) is 13.0. The van der Waals surface area contributed by atoms with Gasteiger partial charge in [-0.3, -0.25) is 4.79 Å². The minimum absolute atomic E-state index is 0.0610. The zero-order valence-corrected chi connectivity index (χ0v) is 14.0. The van der Waals surface area contributed by atoms with Gasteiger partial charge in [0.15, 0.2) is 18.2 Å². The van der Waals surface area contributed by atoms with Crippen molar-refractivity contribution in [2.75, 3.05) is 11.9 Å². The summed E-state index contributed by atoms with van der Waals surface area (Å²) >= 11 is 0. The lowest BCUT2D eigenvalue weighted by Gasteiger charge is -2.05. The number of hydrogen-bond acceptors (Lipinski definition) is 4. The maximum absolute atomic E-state index is 13.1. The molecule has 0 unspecified atom stereocenters. The fourth-order valence-corrected chi connectivity index (χ4v) is 2.28. The number of carbonyl (C=O) groups excluding carboxylic acids is 2. The number of rotatable bonds is 5. The predicted octanol–water partition coefficient (Wildman–Crippen LogP) is 3.71. The number of carbonyl (C=O) groups is 2. The summed E-state index contributed by atoms with van der Waals surface area (Å²) in [4.78, 5) is 27.8. The van der Waals surface area contributed by atoms with Crippen molar-refractivity contribution in [1.82, 2.24) is 4.98 Å². The molecule has 1 amide bonds. The van der Waals surface area contributed by atoms with Gasteiger partial charge in [-0.25, -0.2) is 18.6 Å². The zero-order chi connectivity index (χ0) is 19.2. The minimum atomic E-state index is -1.09. The van der Waals surface area contributed by atoms with E-state index >= 15 is 0 Å². The largest absolute Gasteiger partial charge is 0.452 e. The van der Waals surface area contributed by atoms with Crippen molar-refractivity contribution >= 4 is 34.5 Å². The number of esters is 1. The monoisotopic (exact) mass is 368 g/mol. The fourth-order valence-electron chi connectivity index (χ4n) is 2.28. The fraction of sp³-hybridized carbons (Fsp3) is 0.0500. The SMILES string of the molecule is O=C(COC(=O)/C=C/c1ccc2ccccc2n1)Nc1ccc(F)c(F)c1. The summed E-state index contributed by atoms with van der Waals surface area (Å²) in [5.41, 5.74) is 1.42. The van der Waals surface area contributed by atoms with Crippen LogP contribution >= 0.6 is 0 Å². The standard InChI is InChI=1S/C20H14F2N2O3/c21-16-9-7-15(11-17(16)22)24-19(25)12-27-20(26)10-8-14-6-5-13-3-1-2-4-18(13)23-14/h1-11H,12H2,(H,24,25)/b10-8+. The lowest BCUT2D eigenvalue weighted by Crippen LogP contribution is -2.20. The number of amides is 1. The van der Waals surface area contributed by atoms with Crippen LogP contribution in [0.5, 0.6) is 0 Å². The summed E-state index contributed by atoms with van der Waals surface area (Å²) in [6, 6.07) is 14.1. The van der Waals surface area contributed by atoms with Crippen molar-refractivity contribution in [3.05, 3.63) is 78.0 Å². The van der Waals surface area contributed by atoms with Gasteiger partial charge in [0.2, 0.25) is 0 Å². The smallest absolute Gasteiger partial charge is 0.331 e. The molecule has 3 aromatic rings. The summed E-state index contributed by atoms with van der Waals surface area (Å²) in [6.45, 7) is -0.562. The van der Waals surface area contributed by atoms with E-state index in [1.807, 2.05) is 30.3 Å². The quantitative estimate of drug-likeness (QED) is 0.551. The van der Waals surface area contributed by atoms with E-state index in [4.69, 9.17) is 4.74 Å². The van der Waals surface area contributed by atoms with Crippen LogP contribution in [0.4, 0.5) is 14.5 Å². The molecule has 1 aromatic heterocycles. The highest BCUT2D eigenvalue weighted by molar-refractivity contribution is 5.94. The van der Waals surface area contributed by atoms with Crippen molar-refractivity contribution in [1.29, 1.82) is 0 Å². The lowest BCUT2D eigenvalue weighted by atomic mass is 10.2. The molecule has 0 spiro atoms. The van der Waals surface area contributed by atoms with Gasteiger partial charge in [-0.2, -0.15) is 0 Å². The maximum atomic E-state index is 13.1. The molecule has 0 atom stereocenters. The van der Waals surface area contributed by atoms with Crippen LogP contribution in [0.2, 0.25) is 0 Å². The third-order valence-corrected chi connectivity index (χ3v) is 3.56. The molecular weight excluding hydrogens is 354 g/mol. The van der Waals surface area contributed by atoms with E-state index in [9.17, 15) is 18.4 Å². The second kappa shape index (κ2) is 8.18. The number of nitrogens with one attached hydrogen (secondary N) is 1. The van der Waals surface area contributed by atoms with Crippen molar-refractivity contribution in [2.24, 2.45) is 0 Å². The molecule has 5 nitrogen and oxygen atoms in total. The molecule has 0 aliphatic carbocycles. The third-order valence-electron chi connectivity index (χ3n) is 3.56. The number of fused-ring (bicyclic) bond motifs is 1. The number of benzene rings is 2. The first-order valence-corrected chi connectivity index (χ1v) is 7.97. The van der Waals surface area contributed by atoms with E-state index in [0.717, 1.165) is 29.1 Å². The number of para-hydroxylation sites is 1. The Kier molecular flexibility index (Phi) is 5.51. The van der Waals surface area contributed by atoms with Gasteiger partial charge in [-0.05, 0) is 30.3 Å². The summed E-state index contributed by atoms with van der Waals surface area (Å²) in [7, 11) is 0. The lowest BCUT2D eigenvalue weighted by molar-refractivity contribution is -0.142. The summed E-state index contributed by atoms with van der Waals surface area (Å²) in [5.74, 6) is -3.51. The highest BCUT2D eigenvalue weighted by Crippen LogP contribution is 2.13. The molecule has 0 aliphatic rings. The molecule has 136 valence electrons. The van der Waals surface area contributed by atoms with Gasteiger partial charge in [0.1, 0.15) is 0 Å². The number of aromatic nitrogens is 1. The number of halogens is 2. The zero-order valence-electron chi connectivity index (χ0n) is 14.0. The Bertz CT molecular complexity index is 1030. The molecule has 1 N–H and O–H groups in total. The topological polar surface area (TPSA) is 68.3 Å². The van der Waals surface area contributed by atoms with Gasteiger partial charge in [0.25, 0.3) is 5.91 Å². The summed E-state index contributed by atoms with van der Waals surface area (Å²) < 4.78 is 30.7. The van der Waals surface area contributed by atoms with Gasteiger partial charge < -0.3 is 10.1 Å². The second-order valence-corrected chi connectivity index (χ2v) is 5.55. The van der Waals surface area contributed by atoms with E-state index in [0.29, 0.717) is 5.69 Å². The van der Waals surface area contributed by atoms with E-state index in [1.165, 1.54) is 12.1 Å². The molecule has 7 heteroatoms. The molecule has 1 heterocycles. The Labute approximate surface area is 153 Å². The summed E-state index contributed by atoms with van der Waals surface area (Å²) in [6.07, 6.45) is 2.63. The van der Waals surface area contributed by atoms with Crippen LogP contribution < -0.4 is 5.32 Å². The van der Waals surface area contributed by atoms with Crippen LogP contribution in [0.3, 0.4) is 0 Å². The van der Waals surface area contributed by atoms with Gasteiger partial charge in [0.05, 0.1) is 11.2 Å². The predicted molar refractivity (Wildman–Crippen MR) is 96.7 cm³/mol. The first kappa shape index (κ1) is 18.2. The van der Waals surface area contributed by atoms with Crippen LogP contribution in [-0.2, 0) is 14.3 Å². The van der Waals surface area contributed by atoms with Crippen LogP contribution in [-0.4, -0.2) is 23.5 Å². The number of anilines is 1. The van der Waals surface area contributed by atoms with Gasteiger partial charge >= 0.3 is 5.97 Å². The van der Waals surface area contributed by atoms with E-state index in [-0.39, 0.29) is 5.69 Å². The van der Waals surface area contributed by atoms with E-state index in [2.05, 4.69) is 10.3 Å². The molecule has 0 aliphatic heterocycles.